The van der Waals surface area contributed by atoms with E-state index in [0.29, 0.717) is 66.1 Å². The van der Waals surface area contributed by atoms with Crippen LogP contribution in [0.15, 0.2) is 251 Å². The van der Waals surface area contributed by atoms with Crippen molar-refractivity contribution < 1.29 is 78.1 Å². The van der Waals surface area contributed by atoms with E-state index in [1.807, 2.05) is 126 Å². The van der Waals surface area contributed by atoms with Crippen LogP contribution in [0.3, 0.4) is 0 Å². The van der Waals surface area contributed by atoms with Crippen molar-refractivity contribution in [3.63, 3.8) is 0 Å². The summed E-state index contributed by atoms with van der Waals surface area (Å²) in [7, 11) is -30.5. The quantitative estimate of drug-likeness (QED) is 0.0153. The molecule has 134 heavy (non-hydrogen) atoms. The Morgan fingerprint density at radius 3 is 0.873 bits per heavy atom. The van der Waals surface area contributed by atoms with Gasteiger partial charge in [-0.2, -0.15) is 0 Å². The molecule has 0 radical (unpaired) electrons. The highest BCUT2D eigenvalue weighted by molar-refractivity contribution is 6.97. The predicted octanol–water partition coefficient (Wildman–Crippen LogP) is 27.9. The first-order valence-corrected chi connectivity index (χ1v) is 83.2. The lowest BCUT2D eigenvalue weighted by Crippen LogP contribution is -2.69. The molecule has 0 heterocycles. The molecule has 7 aromatic rings. The van der Waals surface area contributed by atoms with Crippen LogP contribution in [0.25, 0.3) is 0 Å². The van der Waals surface area contributed by atoms with Gasteiger partial charge < -0.3 is 78.1 Å². The Morgan fingerprint density at radius 1 is 0.313 bits per heavy atom. The van der Waals surface area contributed by atoms with E-state index in [0.717, 1.165) is 63.9 Å². The maximum Gasteiger partial charge on any atom is 0.507 e. The van der Waals surface area contributed by atoms with Crippen molar-refractivity contribution in [2.45, 2.75) is 294 Å². The minimum atomic E-state index is -3.46. The Labute approximate surface area is 838 Å². The molecule has 7 aromatic carbocycles. The van der Waals surface area contributed by atoms with Gasteiger partial charge in [-0.25, -0.2) is 0 Å². The van der Waals surface area contributed by atoms with Crippen LogP contribution in [0.5, 0.6) is 5.75 Å². The molecule has 0 aromatic heterocycles. The molecule has 18 nitrogen and oxygen atoms in total. The lowest BCUT2D eigenvalue weighted by Gasteiger charge is -2.44. The Kier molecular flexibility index (Phi) is 74.3. The third-order valence-corrected chi connectivity index (χ3v) is 62.6. The summed E-state index contributed by atoms with van der Waals surface area (Å²) in [6, 6.07) is 72.3. The topological polar surface area (TPSA) is 166 Å². The summed E-state index contributed by atoms with van der Waals surface area (Å²) in [6.07, 6.45) is 6.76. The molecule has 2 atom stereocenters. The standard InChI is InChI=1S/C53H94O11Si9.C16H18O2.C14H30O4Si4.C6H12OSi.2C3H6.7CH4/c1-19-57-70(15,16)63-72(59-65(4,5)6,52-27-23-21-24-28-52)60-67(9,10)43-39-48-31-33-50(34-32-48)47-55-41-42-56-51-37-35-49(36-38-51)40-44-68(11,12)61-73(53-29-25-22-26-30-53,64-71(17,18)58-20-2)62-69(13,14)46-45-66(7,8)54-3;1-3-7-15(8-4-1)13-17-11-12-18-14-16-9-5-2-6-10-16;1-8-15-21(6,7)18-22(16-19(2)3,17-20(4)5)14-12-10-9-11-13-14;1-5-7-8(3,4)6-2;2*1-3-2;;;;;;;/h21-38H,19-20,39-47H2,1-18H3;1-10H,11-14H2;9-13,19-20H,8H2,1-7H3;5-6H,1-2H2,3-4H3;2*3H,1H2,2H3;7*1H4. The van der Waals surface area contributed by atoms with Gasteiger partial charge in [0.2, 0.25) is 0 Å². The average Bonchev–Trinajstić information content (AvgIpc) is 0.784. The lowest BCUT2D eigenvalue weighted by atomic mass is 10.1. The first kappa shape index (κ1) is 140. The van der Waals surface area contributed by atoms with Crippen molar-refractivity contribution in [1.29, 1.82) is 0 Å². The third kappa shape index (κ3) is 60.6. The van der Waals surface area contributed by atoms with E-state index in [2.05, 4.69) is 298 Å². The second-order valence-electron chi connectivity index (χ2n) is 36.5. The van der Waals surface area contributed by atoms with Crippen molar-refractivity contribution in [2.75, 3.05) is 53.4 Å². The van der Waals surface area contributed by atoms with E-state index in [-0.39, 0.29) is 52.0 Å². The van der Waals surface area contributed by atoms with Gasteiger partial charge in [0.05, 0.1) is 45.9 Å². The number of aryl methyl sites for hydroxylation is 2. The smallest absolute Gasteiger partial charge is 0.507 e. The molecule has 0 amide bonds. The van der Waals surface area contributed by atoms with Gasteiger partial charge in [0.25, 0.3) is 8.32 Å². The van der Waals surface area contributed by atoms with Crippen LogP contribution in [0.4, 0.5) is 0 Å². The normalized spacial score (nSPS) is 12.5. The molecule has 0 spiro atoms. The highest BCUT2D eigenvalue weighted by atomic mass is 28.5. The monoisotopic (exact) mass is 2100 g/mol. The molecule has 7 rings (SSSR count). The van der Waals surface area contributed by atoms with Crippen LogP contribution < -0.4 is 20.3 Å². The molecule has 766 valence electrons. The molecular formula is C102H194O18Si14. The van der Waals surface area contributed by atoms with E-state index in [9.17, 15) is 0 Å². The van der Waals surface area contributed by atoms with Crippen molar-refractivity contribution >= 4 is 136 Å². The number of allylic oxidation sites excluding steroid dienone is 2. The predicted molar refractivity (Wildman–Crippen MR) is 615 cm³/mol. The number of ether oxygens (including phenoxy) is 4. The largest absolute Gasteiger partial charge is 0.546 e. The second kappa shape index (κ2) is 71.0. The van der Waals surface area contributed by atoms with Crippen LogP contribution in [-0.2, 0) is 106 Å². The molecule has 0 aliphatic carbocycles. The van der Waals surface area contributed by atoms with E-state index in [4.69, 9.17) is 78.1 Å². The Morgan fingerprint density at radius 2 is 0.582 bits per heavy atom. The molecule has 32 heteroatoms. The molecule has 0 bridgehead atoms. The summed E-state index contributed by atoms with van der Waals surface area (Å²) >= 11 is 0. The average molecular weight is 2100 g/mol. The fourth-order valence-electron chi connectivity index (χ4n) is 12.5. The first-order chi connectivity index (χ1) is 59.6. The minimum absolute atomic E-state index is 0. The zero-order chi connectivity index (χ0) is 95.6. The molecule has 0 saturated carbocycles. The molecule has 0 aliphatic rings. The third-order valence-electron chi connectivity index (χ3n) is 18.6. The Balaban J connectivity index is -0.000000542. The van der Waals surface area contributed by atoms with Crippen molar-refractivity contribution in [1.82, 2.24) is 0 Å². The van der Waals surface area contributed by atoms with Gasteiger partial charge in [0.1, 0.15) is 12.4 Å². The summed E-state index contributed by atoms with van der Waals surface area (Å²) in [5.41, 5.74) is 7.90. The molecule has 0 N–H and O–H groups in total. The zero-order valence-electron chi connectivity index (χ0n) is 83.5. The highest BCUT2D eigenvalue weighted by Gasteiger charge is 2.57. The van der Waals surface area contributed by atoms with Crippen molar-refractivity contribution in [3.8, 4) is 5.75 Å². The van der Waals surface area contributed by atoms with E-state index in [1.54, 1.807) is 12.2 Å². The summed E-state index contributed by atoms with van der Waals surface area (Å²) < 4.78 is 116. The van der Waals surface area contributed by atoms with Crippen molar-refractivity contribution in [2.24, 2.45) is 0 Å². The summed E-state index contributed by atoms with van der Waals surface area (Å²) in [4.78, 5) is 0. The van der Waals surface area contributed by atoms with Gasteiger partial charge in [-0.15, -0.1) is 19.7 Å². The number of benzene rings is 7. The molecule has 0 saturated heterocycles. The fourth-order valence-corrected chi connectivity index (χ4v) is 60.0. The fraction of sp³-hybridized carbons (Fsp3) is 0.510. The van der Waals surface area contributed by atoms with Crippen LogP contribution in [-0.4, -0.2) is 173 Å². The van der Waals surface area contributed by atoms with E-state index in [1.165, 1.54) is 28.5 Å². The van der Waals surface area contributed by atoms with Crippen molar-refractivity contribution in [3.05, 3.63) is 278 Å². The zero-order valence-corrected chi connectivity index (χ0v) is 97.8. The van der Waals surface area contributed by atoms with Crippen LogP contribution in [0, 0.1) is 0 Å². The second-order valence-corrected chi connectivity index (χ2v) is 87.2. The van der Waals surface area contributed by atoms with Gasteiger partial charge in [-0.1, -0.05) is 264 Å². The van der Waals surface area contributed by atoms with Gasteiger partial charge in [0, 0.05) is 42.5 Å². The first-order valence-electron chi connectivity index (χ1n) is 45.1. The number of hydrogen-bond donors (Lipinski definition) is 0. The molecule has 2 unspecified atom stereocenters. The SMILES string of the molecule is C.C.C.C.C.C.C.C=CC.C=CC.C=CO[Si](C)(C)C=C.CCO[Si](C)(C)O[Si](O[SiH](C)C)(O[SiH](C)C)c1ccccc1.CCO[Si](C)(C)O[Si](O[Si](C)(C)C)(O[Si](C)(C)CCc1ccc(COCCOc2ccc(CC[Si](C)(C)O[Si](O[Si](C)(C)CC[Si](C)(C)OC)(O[Si](C)(C)OCC)c3ccccc3)cc2)cc1)c1ccccc1.c1ccc(COCCOCc2ccccc2)cc1. The Bertz CT molecular complexity index is 4010. The molecule has 0 aliphatic heterocycles. The molecular weight excluding hydrogens is 1910 g/mol. The van der Waals surface area contributed by atoms with Gasteiger partial charge >= 0.3 is 52.1 Å². The Hall–Kier alpha value is -4.50. The summed E-state index contributed by atoms with van der Waals surface area (Å²) in [6.45, 7) is 79.7. The summed E-state index contributed by atoms with van der Waals surface area (Å²) in [5.74, 6) is 0.828. The van der Waals surface area contributed by atoms with Crippen LogP contribution in [0.2, 0.25) is 175 Å². The van der Waals surface area contributed by atoms with E-state index >= 15 is 0 Å². The van der Waals surface area contributed by atoms with Gasteiger partial charge in [-0.05, 0) is 262 Å². The lowest BCUT2D eigenvalue weighted by molar-refractivity contribution is 0.0339. The maximum absolute atomic E-state index is 7.48. The van der Waals surface area contributed by atoms with Crippen LogP contribution >= 0.6 is 0 Å². The van der Waals surface area contributed by atoms with E-state index < -0.39 is 120 Å². The molecule has 0 fully saturated rings. The summed E-state index contributed by atoms with van der Waals surface area (Å²) in [5, 5.41) is 3.07. The van der Waals surface area contributed by atoms with Gasteiger partial charge in [-0.3, -0.25) is 0 Å². The number of hydrogen-bond acceptors (Lipinski definition) is 18. The maximum atomic E-state index is 7.48. The van der Waals surface area contributed by atoms with Gasteiger partial charge in [0.15, 0.2) is 59.7 Å². The number of rotatable bonds is 53. The minimum Gasteiger partial charge on any atom is -0.546 e. The van der Waals surface area contributed by atoms with Crippen LogP contribution in [0.1, 0.15) is 114 Å². The highest BCUT2D eigenvalue weighted by Crippen LogP contribution is 2.34.